The molecule has 0 saturated heterocycles. The summed E-state index contributed by atoms with van der Waals surface area (Å²) in [6.45, 7) is 0. The molecule has 2 N–H and O–H groups in total. The smallest absolute Gasteiger partial charge is 0.253 e. The van der Waals surface area contributed by atoms with Crippen LogP contribution in [0.2, 0.25) is 0 Å². The number of fused-ring (bicyclic) bond motifs is 2. The molecule has 1 amide bonds. The lowest BCUT2D eigenvalue weighted by Crippen LogP contribution is -2.30. The van der Waals surface area contributed by atoms with Gasteiger partial charge >= 0.3 is 0 Å². The SMILES string of the molecule is O=C(NC(c1ccccc1)c1cc2ccccc2o1)c1cc(=O)[nH]c2ccc(F)cc12. The van der Waals surface area contributed by atoms with Crippen LogP contribution < -0.4 is 10.9 Å². The molecule has 0 bridgehead atoms. The lowest BCUT2D eigenvalue weighted by molar-refractivity contribution is 0.0940. The number of nitrogens with one attached hydrogen (secondary N) is 2. The summed E-state index contributed by atoms with van der Waals surface area (Å²) in [7, 11) is 0. The van der Waals surface area contributed by atoms with E-state index in [2.05, 4.69) is 10.3 Å². The second-order valence-electron chi connectivity index (χ2n) is 7.24. The second kappa shape index (κ2) is 7.57. The van der Waals surface area contributed by atoms with Crippen LogP contribution in [0.15, 0.2) is 94.1 Å². The van der Waals surface area contributed by atoms with Crippen molar-refractivity contribution >= 4 is 27.8 Å². The summed E-state index contributed by atoms with van der Waals surface area (Å²) in [6.07, 6.45) is 0. The normalized spacial score (nSPS) is 12.2. The Kier molecular flexibility index (Phi) is 4.59. The van der Waals surface area contributed by atoms with Gasteiger partial charge in [0.15, 0.2) is 0 Å². The minimum absolute atomic E-state index is 0.0929. The number of para-hydroxylation sites is 1. The Balaban J connectivity index is 1.60. The van der Waals surface area contributed by atoms with E-state index in [9.17, 15) is 14.0 Å². The highest BCUT2D eigenvalue weighted by atomic mass is 19.1. The van der Waals surface area contributed by atoms with E-state index in [1.54, 1.807) is 0 Å². The van der Waals surface area contributed by atoms with Crippen molar-refractivity contribution in [1.82, 2.24) is 10.3 Å². The molecule has 2 heterocycles. The van der Waals surface area contributed by atoms with Gasteiger partial charge in [0.2, 0.25) is 5.56 Å². The number of carbonyl (C=O) groups is 1. The maximum absolute atomic E-state index is 13.9. The first-order valence-electron chi connectivity index (χ1n) is 9.75. The van der Waals surface area contributed by atoms with Crippen LogP contribution in [0.25, 0.3) is 21.9 Å². The zero-order valence-electron chi connectivity index (χ0n) is 16.3. The summed E-state index contributed by atoms with van der Waals surface area (Å²) in [6, 6.07) is 23.3. The van der Waals surface area contributed by atoms with Crippen LogP contribution in [0.5, 0.6) is 0 Å². The van der Waals surface area contributed by atoms with Gasteiger partial charge in [-0.2, -0.15) is 0 Å². The molecule has 0 fully saturated rings. The molecule has 3 aromatic carbocycles. The van der Waals surface area contributed by atoms with Crippen LogP contribution in [0, 0.1) is 5.82 Å². The van der Waals surface area contributed by atoms with Crippen molar-refractivity contribution in [2.24, 2.45) is 0 Å². The van der Waals surface area contributed by atoms with Gasteiger partial charge in [-0.05, 0) is 35.9 Å². The van der Waals surface area contributed by atoms with E-state index in [1.165, 1.54) is 24.3 Å². The van der Waals surface area contributed by atoms with Crippen molar-refractivity contribution in [3.05, 3.63) is 118 Å². The number of pyridine rings is 1. The number of H-pyrrole nitrogens is 1. The Morgan fingerprint density at radius 3 is 2.52 bits per heavy atom. The Bertz CT molecular complexity index is 1440. The summed E-state index contributed by atoms with van der Waals surface area (Å²) in [5.74, 6) is -0.442. The van der Waals surface area contributed by atoms with Gasteiger partial charge in [-0.1, -0.05) is 48.5 Å². The molecule has 152 valence electrons. The van der Waals surface area contributed by atoms with Crippen molar-refractivity contribution in [3.63, 3.8) is 0 Å². The summed E-state index contributed by atoms with van der Waals surface area (Å²) in [4.78, 5) is 28.0. The fourth-order valence-corrected chi connectivity index (χ4v) is 3.73. The quantitative estimate of drug-likeness (QED) is 0.439. The van der Waals surface area contributed by atoms with Crippen LogP contribution >= 0.6 is 0 Å². The third kappa shape index (κ3) is 3.59. The van der Waals surface area contributed by atoms with E-state index < -0.39 is 23.3 Å². The Morgan fingerprint density at radius 1 is 0.935 bits per heavy atom. The number of benzene rings is 3. The summed E-state index contributed by atoms with van der Waals surface area (Å²) < 4.78 is 19.9. The van der Waals surface area contributed by atoms with Gasteiger partial charge in [0.1, 0.15) is 23.2 Å². The number of hydrogen-bond acceptors (Lipinski definition) is 3. The van der Waals surface area contributed by atoms with Crippen LogP contribution in [0.4, 0.5) is 4.39 Å². The largest absolute Gasteiger partial charge is 0.459 e. The standard InChI is InChI=1S/C25H17FN2O3/c26-17-10-11-20-18(13-17)19(14-23(29)27-20)25(30)28-24(15-6-2-1-3-7-15)22-12-16-8-4-5-9-21(16)31-22/h1-14,24H,(H,27,29)(H,28,30). The van der Waals surface area contributed by atoms with Gasteiger partial charge in [0, 0.05) is 22.4 Å². The number of hydrogen-bond donors (Lipinski definition) is 2. The maximum atomic E-state index is 13.9. The number of halogens is 1. The van der Waals surface area contributed by atoms with Crippen molar-refractivity contribution in [1.29, 1.82) is 0 Å². The minimum Gasteiger partial charge on any atom is -0.459 e. The van der Waals surface area contributed by atoms with Gasteiger partial charge in [0.25, 0.3) is 5.91 Å². The molecule has 0 radical (unpaired) electrons. The van der Waals surface area contributed by atoms with Crippen LogP contribution in [0.3, 0.4) is 0 Å². The molecule has 0 aliphatic rings. The third-order valence-corrected chi connectivity index (χ3v) is 5.19. The number of aromatic nitrogens is 1. The highest BCUT2D eigenvalue weighted by Gasteiger charge is 2.23. The Labute approximate surface area is 176 Å². The molecule has 5 nitrogen and oxygen atoms in total. The fraction of sp³-hybridized carbons (Fsp3) is 0.0400. The molecule has 31 heavy (non-hydrogen) atoms. The Hall–Kier alpha value is -4.19. The van der Waals surface area contributed by atoms with E-state index in [1.807, 2.05) is 60.7 Å². The summed E-state index contributed by atoms with van der Waals surface area (Å²) in [5, 5.41) is 4.20. The molecule has 2 aromatic heterocycles. The number of aromatic amines is 1. The number of rotatable bonds is 4. The highest BCUT2D eigenvalue weighted by molar-refractivity contribution is 6.06. The first-order valence-corrected chi connectivity index (χ1v) is 9.75. The topological polar surface area (TPSA) is 75.1 Å². The molecule has 1 unspecified atom stereocenters. The molecule has 0 saturated carbocycles. The van der Waals surface area contributed by atoms with Gasteiger partial charge in [0.05, 0.1) is 5.56 Å². The number of furan rings is 1. The molecular weight excluding hydrogens is 395 g/mol. The average Bonchev–Trinajstić information content (AvgIpc) is 3.21. The molecule has 5 aromatic rings. The Morgan fingerprint density at radius 2 is 1.71 bits per heavy atom. The van der Waals surface area contributed by atoms with Crippen molar-refractivity contribution in [2.75, 3.05) is 0 Å². The first kappa shape index (κ1) is 18.8. The molecular formula is C25H17FN2O3. The van der Waals surface area contributed by atoms with Gasteiger partial charge < -0.3 is 14.7 Å². The third-order valence-electron chi connectivity index (χ3n) is 5.19. The molecule has 1 atom stereocenters. The predicted molar refractivity (Wildman–Crippen MR) is 116 cm³/mol. The highest BCUT2D eigenvalue weighted by Crippen LogP contribution is 2.29. The van der Waals surface area contributed by atoms with Gasteiger partial charge in [-0.15, -0.1) is 0 Å². The van der Waals surface area contributed by atoms with Crippen molar-refractivity contribution in [2.45, 2.75) is 6.04 Å². The van der Waals surface area contributed by atoms with E-state index in [4.69, 9.17) is 4.42 Å². The average molecular weight is 412 g/mol. The van der Waals surface area contributed by atoms with Crippen LogP contribution in [0.1, 0.15) is 27.7 Å². The maximum Gasteiger partial charge on any atom is 0.253 e. The molecule has 0 aliphatic heterocycles. The van der Waals surface area contributed by atoms with E-state index >= 15 is 0 Å². The zero-order chi connectivity index (χ0) is 21.4. The molecule has 0 spiro atoms. The van der Waals surface area contributed by atoms with E-state index in [0.717, 1.165) is 10.9 Å². The fourth-order valence-electron chi connectivity index (χ4n) is 3.73. The van der Waals surface area contributed by atoms with E-state index in [0.29, 0.717) is 22.2 Å². The van der Waals surface area contributed by atoms with Gasteiger partial charge in [-0.25, -0.2) is 4.39 Å². The van der Waals surface area contributed by atoms with Crippen LogP contribution in [-0.2, 0) is 0 Å². The van der Waals surface area contributed by atoms with Gasteiger partial charge in [-0.3, -0.25) is 9.59 Å². The van der Waals surface area contributed by atoms with Crippen molar-refractivity contribution in [3.8, 4) is 0 Å². The lowest BCUT2D eigenvalue weighted by atomic mass is 10.0. The van der Waals surface area contributed by atoms with Crippen molar-refractivity contribution < 1.29 is 13.6 Å². The van der Waals surface area contributed by atoms with Crippen LogP contribution in [-0.4, -0.2) is 10.9 Å². The first-order chi connectivity index (χ1) is 15.1. The lowest BCUT2D eigenvalue weighted by Gasteiger charge is -2.18. The summed E-state index contributed by atoms with van der Waals surface area (Å²) >= 11 is 0. The molecule has 0 aliphatic carbocycles. The predicted octanol–water partition coefficient (Wildman–Crippen LogP) is 4.93. The minimum atomic E-state index is -0.594. The zero-order valence-corrected chi connectivity index (χ0v) is 16.3. The second-order valence-corrected chi connectivity index (χ2v) is 7.24. The molecule has 5 rings (SSSR count). The number of carbonyl (C=O) groups excluding carboxylic acids is 1. The monoisotopic (exact) mass is 412 g/mol. The summed E-state index contributed by atoms with van der Waals surface area (Å²) in [5.41, 5.74) is 1.56. The molecule has 6 heteroatoms. The van der Waals surface area contributed by atoms with E-state index in [-0.39, 0.29) is 5.56 Å². The number of amides is 1.